The predicted molar refractivity (Wildman–Crippen MR) is 214 cm³/mol. The number of phenolic OH excluding ortho intramolecular Hbond substituents is 3. The van der Waals surface area contributed by atoms with Gasteiger partial charge in [0.2, 0.25) is 0 Å². The number of phenols is 3. The van der Waals surface area contributed by atoms with Crippen molar-refractivity contribution < 1.29 is 64.2 Å². The molecule has 2 aromatic carbocycles. The molecule has 59 heavy (non-hydrogen) atoms. The van der Waals surface area contributed by atoms with Crippen molar-refractivity contribution >= 4 is 46.3 Å². The van der Waals surface area contributed by atoms with E-state index in [0.717, 1.165) is 6.20 Å². The van der Waals surface area contributed by atoms with Crippen LogP contribution in [0.1, 0.15) is 54.0 Å². The largest absolute Gasteiger partial charge is 0.507 e. The number of aliphatic hydroxyl groups excluding tert-OH is 3. The van der Waals surface area contributed by atoms with Gasteiger partial charge in [0, 0.05) is 67.4 Å². The van der Waals surface area contributed by atoms with Crippen molar-refractivity contribution in [1.82, 2.24) is 10.9 Å². The number of nitrogens with zero attached hydrogens (tertiary/aromatic N) is 2. The molecule has 5 bridgehead atoms. The molecule has 0 saturated heterocycles. The zero-order valence-corrected chi connectivity index (χ0v) is 34.0. The lowest BCUT2D eigenvalue weighted by molar-refractivity contribution is -0.525. The first-order chi connectivity index (χ1) is 27.6. The minimum absolute atomic E-state index is 0.00200. The second-order valence-electron chi connectivity index (χ2n) is 14.8. The quantitative estimate of drug-likeness (QED) is 0.0389. The number of hydrogen-bond acceptors (Lipinski definition) is 16. The van der Waals surface area contributed by atoms with Gasteiger partial charge in [-0.25, -0.2) is 10.1 Å². The van der Waals surface area contributed by atoms with E-state index < -0.39 is 111 Å². The van der Waals surface area contributed by atoms with Gasteiger partial charge in [-0.05, 0) is 19.9 Å². The minimum Gasteiger partial charge on any atom is -0.507 e. The van der Waals surface area contributed by atoms with Crippen LogP contribution in [0, 0.1) is 40.7 Å². The summed E-state index contributed by atoms with van der Waals surface area (Å²) in [4.78, 5) is 36.7. The number of aliphatic hydroxyl groups is 3. The van der Waals surface area contributed by atoms with Gasteiger partial charge in [0.1, 0.15) is 23.4 Å². The summed E-state index contributed by atoms with van der Waals surface area (Å²) in [6.45, 7) is 12.2. The second-order valence-corrected chi connectivity index (χ2v) is 14.8. The molecule has 9 unspecified atom stereocenters. The Labute approximate surface area is 338 Å². The maximum absolute atomic E-state index is 13.6. The number of benzene rings is 2. The summed E-state index contributed by atoms with van der Waals surface area (Å²) in [5.74, 6) is -9.69. The molecule has 0 saturated carbocycles. The van der Waals surface area contributed by atoms with E-state index in [-0.39, 0.29) is 32.7 Å². The molecule has 9 atom stereocenters. The molecule has 3 aliphatic rings. The Kier molecular flexibility index (Phi) is 14.0. The normalized spacial score (nSPS) is 28.5. The number of carbonyl (C=O) groups excluding carboxylic acids is 2. The third kappa shape index (κ3) is 9.24. The molecule has 1 amide bonds. The molecule has 5 rings (SSSR count). The fourth-order valence-electron chi connectivity index (χ4n) is 7.19. The molecule has 3 aliphatic heterocycles. The van der Waals surface area contributed by atoms with Crippen molar-refractivity contribution in [2.45, 2.75) is 85.6 Å². The van der Waals surface area contributed by atoms with Gasteiger partial charge in [-0.2, -0.15) is 0 Å². The number of carbonyl (C=O) groups is 2. The molecule has 0 aliphatic carbocycles. The van der Waals surface area contributed by atoms with Crippen LogP contribution in [-0.4, -0.2) is 90.8 Å². The smallest absolute Gasteiger partial charge is 0.307 e. The number of amides is 1. The first kappa shape index (κ1) is 45.5. The summed E-state index contributed by atoms with van der Waals surface area (Å²) in [6.07, 6.45) is 4.05. The van der Waals surface area contributed by atoms with Crippen LogP contribution in [0.15, 0.2) is 41.2 Å². The number of aromatic hydroxyl groups is 3. The molecule has 3 heterocycles. The first-order valence-electron chi connectivity index (χ1n) is 18.5. The van der Waals surface area contributed by atoms with Crippen LogP contribution < -0.4 is 37.1 Å². The lowest BCUT2D eigenvalue weighted by atomic mass is 9.78. The number of hydrogen-bond donors (Lipinski definition) is 10. The number of guanidine groups is 1. The lowest BCUT2D eigenvalue weighted by Gasteiger charge is -2.38. The highest BCUT2D eigenvalue weighted by atomic mass is 16.7. The lowest BCUT2D eigenvalue weighted by Crippen LogP contribution is -2.46. The van der Waals surface area contributed by atoms with Crippen LogP contribution in [0.3, 0.4) is 0 Å². The van der Waals surface area contributed by atoms with Gasteiger partial charge in [-0.3, -0.25) is 15.0 Å². The molecule has 0 fully saturated rings. The SMILES string of the molecule is COC1C=COC2(C)Oc3c(C)c(O)c4c(O)c(c(=CNN=C(N)N[N+](=O)[O-])c(O)c4c3=C2O)NC(=O)C(C)=CC=CC(C)C(O)C(C)C(O)C(C)C(OC(C)=O)C1C. The predicted octanol–water partition coefficient (Wildman–Crippen LogP) is 1.58. The van der Waals surface area contributed by atoms with Crippen LogP contribution in [0.2, 0.25) is 0 Å². The molecule has 322 valence electrons. The van der Waals surface area contributed by atoms with E-state index in [9.17, 15) is 50.3 Å². The Morgan fingerprint density at radius 2 is 1.69 bits per heavy atom. The van der Waals surface area contributed by atoms with Gasteiger partial charge in [-0.15, -0.1) is 5.10 Å². The van der Waals surface area contributed by atoms with Gasteiger partial charge in [0.25, 0.3) is 11.9 Å². The minimum atomic E-state index is -2.03. The summed E-state index contributed by atoms with van der Waals surface area (Å²) >= 11 is 0. The maximum Gasteiger partial charge on any atom is 0.307 e. The molecule has 0 radical (unpaired) electrons. The molecule has 20 nitrogen and oxygen atoms in total. The Balaban J connectivity index is 2.03. The Bertz CT molecular complexity index is 2240. The van der Waals surface area contributed by atoms with Crippen LogP contribution in [0.5, 0.6) is 23.0 Å². The summed E-state index contributed by atoms with van der Waals surface area (Å²) < 4.78 is 23.5. The molecule has 0 spiro atoms. The number of esters is 1. The summed E-state index contributed by atoms with van der Waals surface area (Å²) in [6, 6.07) is 0. The molecule has 20 heteroatoms. The zero-order chi connectivity index (χ0) is 44.3. The molecule has 11 N–H and O–H groups in total. The van der Waals surface area contributed by atoms with E-state index in [2.05, 4.69) is 15.8 Å². The Hall–Kier alpha value is -6.25. The zero-order valence-electron chi connectivity index (χ0n) is 34.0. The Morgan fingerprint density at radius 1 is 1.03 bits per heavy atom. The van der Waals surface area contributed by atoms with Crippen molar-refractivity contribution in [1.29, 1.82) is 0 Å². The number of fused-ring (bicyclic) bond motifs is 14. The number of ether oxygens (including phenoxy) is 4. The van der Waals surface area contributed by atoms with Gasteiger partial charge < -0.3 is 60.6 Å². The molecule has 2 aromatic rings. The van der Waals surface area contributed by atoms with Crippen molar-refractivity contribution in [3.05, 3.63) is 62.3 Å². The fourth-order valence-corrected chi connectivity index (χ4v) is 7.19. The highest BCUT2D eigenvalue weighted by Gasteiger charge is 2.44. The van der Waals surface area contributed by atoms with E-state index in [4.69, 9.17) is 24.7 Å². The molecule has 0 aromatic heterocycles. The number of methoxy groups -OCH3 is 1. The van der Waals surface area contributed by atoms with E-state index in [0.29, 0.717) is 0 Å². The average Bonchev–Trinajstić information content (AvgIpc) is 3.43. The number of nitrogens with two attached hydrogens (primary N) is 1. The van der Waals surface area contributed by atoms with Crippen LogP contribution in [0.25, 0.3) is 22.7 Å². The average molecular weight is 829 g/mol. The van der Waals surface area contributed by atoms with Gasteiger partial charge >= 0.3 is 11.8 Å². The molecular formula is C39H52N6O14. The van der Waals surface area contributed by atoms with E-state index in [1.165, 1.54) is 59.3 Å². The van der Waals surface area contributed by atoms with Crippen molar-refractivity contribution in [2.24, 2.45) is 34.5 Å². The third-order valence-electron chi connectivity index (χ3n) is 10.7. The highest BCUT2D eigenvalue weighted by Crippen LogP contribution is 2.46. The standard InChI is InChI=1S/C39H52N6O14/c1-16-11-10-12-17(2)37(53)42-28-23(15-41-43-38(40)44-45(54)55)32(50)25-26(33(28)51)31(49)21(6)35-27(25)36(52)39(8,59-35)57-14-13-24(56-9)18(3)34(58-22(7)46)20(5)30(48)19(4)29(16)47/h10-16,18-20,24,29-30,34,41,47-52H,1-9H3,(H,42,53)(H3,40,43,44). The monoisotopic (exact) mass is 828 g/mol. The summed E-state index contributed by atoms with van der Waals surface area (Å²) in [5, 5.41) is 84.2. The number of anilines is 1. The number of hydrazone groups is 1. The van der Waals surface area contributed by atoms with Crippen LogP contribution in [0.4, 0.5) is 5.69 Å². The topological polar surface area (TPSA) is 310 Å². The first-order valence-corrected chi connectivity index (χ1v) is 18.5. The van der Waals surface area contributed by atoms with Crippen molar-refractivity contribution in [3.63, 3.8) is 0 Å². The summed E-state index contributed by atoms with van der Waals surface area (Å²) in [5.41, 5.74) is 9.02. The fraction of sp³-hybridized carbons (Fsp3) is 0.462. The second kappa shape index (κ2) is 18.1. The number of rotatable bonds is 5. The van der Waals surface area contributed by atoms with E-state index in [1.807, 2.05) is 0 Å². The third-order valence-corrected chi connectivity index (χ3v) is 10.7. The number of nitrogens with one attached hydrogen (secondary N) is 3. The maximum atomic E-state index is 13.6. The van der Waals surface area contributed by atoms with Crippen molar-refractivity contribution in [2.75, 3.05) is 12.4 Å². The number of hydrazine groups is 1. The van der Waals surface area contributed by atoms with E-state index >= 15 is 0 Å². The highest BCUT2D eigenvalue weighted by molar-refractivity contribution is 6.10. The number of nitro groups is 1. The van der Waals surface area contributed by atoms with E-state index in [1.54, 1.807) is 39.2 Å². The van der Waals surface area contributed by atoms with Gasteiger partial charge in [0.05, 0.1) is 46.1 Å². The Morgan fingerprint density at radius 3 is 2.31 bits per heavy atom. The summed E-state index contributed by atoms with van der Waals surface area (Å²) in [7, 11) is 1.40. The van der Waals surface area contributed by atoms with Crippen molar-refractivity contribution in [3.8, 4) is 23.0 Å². The van der Waals surface area contributed by atoms with Crippen LogP contribution in [-0.2, 0) is 23.8 Å². The van der Waals surface area contributed by atoms with Crippen LogP contribution >= 0.6 is 0 Å². The van der Waals surface area contributed by atoms with Gasteiger partial charge in [0.15, 0.2) is 16.5 Å². The number of allylic oxidation sites excluding steroid dienone is 2. The van der Waals surface area contributed by atoms with Gasteiger partial charge in [-0.1, -0.05) is 51.3 Å². The molecular weight excluding hydrogens is 776 g/mol.